The summed E-state index contributed by atoms with van der Waals surface area (Å²) in [6.07, 6.45) is 1.80. The number of carboxylic acid groups (broad SMARTS) is 1. The van der Waals surface area contributed by atoms with Crippen molar-refractivity contribution in [3.05, 3.63) is 41.0 Å². The van der Waals surface area contributed by atoms with Crippen LogP contribution < -0.4 is 0 Å². The van der Waals surface area contributed by atoms with Gasteiger partial charge in [-0.2, -0.15) is 4.98 Å². The van der Waals surface area contributed by atoms with Gasteiger partial charge in [0.25, 0.3) is 0 Å². The van der Waals surface area contributed by atoms with Crippen molar-refractivity contribution >= 4 is 17.6 Å². The average Bonchev–Trinajstić information content (AvgIpc) is 2.77. The minimum Gasteiger partial charge on any atom is -0.474 e. The SMILES string of the molecule is O=C(O)c1nc(Cl)c(Cc2ccco2)o1. The van der Waals surface area contributed by atoms with Crippen LogP contribution in [0.5, 0.6) is 0 Å². The molecule has 6 heteroatoms. The summed E-state index contributed by atoms with van der Waals surface area (Å²) in [5.41, 5.74) is 0. The second-order valence-corrected chi connectivity index (χ2v) is 3.15. The second-order valence-electron chi connectivity index (χ2n) is 2.79. The number of aromatic carboxylic acids is 1. The van der Waals surface area contributed by atoms with Crippen molar-refractivity contribution in [1.29, 1.82) is 0 Å². The van der Waals surface area contributed by atoms with E-state index in [9.17, 15) is 4.79 Å². The molecule has 0 aliphatic rings. The van der Waals surface area contributed by atoms with Crippen molar-refractivity contribution < 1.29 is 18.7 Å². The van der Waals surface area contributed by atoms with Crippen LogP contribution in [0.3, 0.4) is 0 Å². The Morgan fingerprint density at radius 3 is 2.93 bits per heavy atom. The maximum Gasteiger partial charge on any atom is 0.392 e. The molecule has 0 saturated carbocycles. The molecule has 2 aromatic rings. The molecule has 0 radical (unpaired) electrons. The first-order valence-electron chi connectivity index (χ1n) is 4.07. The van der Waals surface area contributed by atoms with E-state index >= 15 is 0 Å². The maximum atomic E-state index is 10.5. The first-order chi connectivity index (χ1) is 7.16. The molecule has 2 rings (SSSR count). The third kappa shape index (κ3) is 2.02. The van der Waals surface area contributed by atoms with Gasteiger partial charge in [-0.15, -0.1) is 0 Å². The van der Waals surface area contributed by atoms with E-state index in [0.717, 1.165) is 0 Å². The van der Waals surface area contributed by atoms with Gasteiger partial charge in [-0.1, -0.05) is 11.6 Å². The third-order valence-corrected chi connectivity index (χ3v) is 2.04. The van der Waals surface area contributed by atoms with Gasteiger partial charge < -0.3 is 13.9 Å². The molecule has 0 aliphatic heterocycles. The average molecular weight is 228 g/mol. The highest BCUT2D eigenvalue weighted by atomic mass is 35.5. The van der Waals surface area contributed by atoms with Crippen LogP contribution in [-0.4, -0.2) is 16.1 Å². The summed E-state index contributed by atoms with van der Waals surface area (Å²) in [5.74, 6) is -0.752. The van der Waals surface area contributed by atoms with E-state index in [1.807, 2.05) is 0 Å². The molecular formula is C9H6ClNO4. The van der Waals surface area contributed by atoms with E-state index in [2.05, 4.69) is 4.98 Å². The Morgan fingerprint density at radius 1 is 1.60 bits per heavy atom. The van der Waals surface area contributed by atoms with E-state index in [0.29, 0.717) is 5.76 Å². The molecule has 0 bridgehead atoms. The highest BCUT2D eigenvalue weighted by Gasteiger charge is 2.17. The number of hydrogen-bond acceptors (Lipinski definition) is 4. The van der Waals surface area contributed by atoms with Crippen molar-refractivity contribution in [1.82, 2.24) is 4.98 Å². The molecule has 78 valence electrons. The molecule has 0 aromatic carbocycles. The molecule has 0 fully saturated rings. The molecule has 0 atom stereocenters. The number of halogens is 1. The van der Waals surface area contributed by atoms with Crippen molar-refractivity contribution in [2.75, 3.05) is 0 Å². The van der Waals surface area contributed by atoms with Gasteiger partial charge in [0.15, 0.2) is 10.9 Å². The molecule has 5 nitrogen and oxygen atoms in total. The van der Waals surface area contributed by atoms with Gasteiger partial charge in [-0.3, -0.25) is 0 Å². The quantitative estimate of drug-likeness (QED) is 0.870. The third-order valence-electron chi connectivity index (χ3n) is 1.75. The van der Waals surface area contributed by atoms with Crippen LogP contribution in [0.15, 0.2) is 27.2 Å². The van der Waals surface area contributed by atoms with Gasteiger partial charge in [-0.05, 0) is 12.1 Å². The minimum atomic E-state index is -1.25. The van der Waals surface area contributed by atoms with Gasteiger partial charge in [0.05, 0.1) is 12.7 Å². The Kier molecular flexibility index (Phi) is 2.47. The molecular weight excluding hydrogens is 222 g/mol. The van der Waals surface area contributed by atoms with Crippen molar-refractivity contribution in [3.63, 3.8) is 0 Å². The fourth-order valence-electron chi connectivity index (χ4n) is 1.11. The van der Waals surface area contributed by atoms with Crippen molar-refractivity contribution in [2.24, 2.45) is 0 Å². The zero-order valence-electron chi connectivity index (χ0n) is 7.44. The predicted molar refractivity (Wildman–Crippen MR) is 50.0 cm³/mol. The normalized spacial score (nSPS) is 10.5. The summed E-state index contributed by atoms with van der Waals surface area (Å²) < 4.78 is 10.0. The Morgan fingerprint density at radius 2 is 2.40 bits per heavy atom. The summed E-state index contributed by atoms with van der Waals surface area (Å²) in [7, 11) is 0. The van der Waals surface area contributed by atoms with Crippen LogP contribution in [0.1, 0.15) is 22.2 Å². The number of aromatic nitrogens is 1. The zero-order chi connectivity index (χ0) is 10.8. The van der Waals surface area contributed by atoms with Gasteiger partial charge in [0, 0.05) is 0 Å². The lowest BCUT2D eigenvalue weighted by atomic mass is 10.3. The summed E-state index contributed by atoms with van der Waals surface area (Å²) in [4.78, 5) is 14.1. The summed E-state index contributed by atoms with van der Waals surface area (Å²) in [5, 5.41) is 8.66. The number of carbonyl (C=O) groups is 1. The largest absolute Gasteiger partial charge is 0.474 e. The van der Waals surface area contributed by atoms with E-state index < -0.39 is 11.9 Å². The Bertz CT molecular complexity index is 474. The highest BCUT2D eigenvalue weighted by molar-refractivity contribution is 6.30. The molecule has 15 heavy (non-hydrogen) atoms. The van der Waals surface area contributed by atoms with E-state index in [4.69, 9.17) is 25.5 Å². The fourth-order valence-corrected chi connectivity index (χ4v) is 1.29. The van der Waals surface area contributed by atoms with Gasteiger partial charge in [0.2, 0.25) is 0 Å². The van der Waals surface area contributed by atoms with Crippen molar-refractivity contribution in [2.45, 2.75) is 6.42 Å². The van der Waals surface area contributed by atoms with Crippen LogP contribution in [0.25, 0.3) is 0 Å². The lowest BCUT2D eigenvalue weighted by molar-refractivity contribution is 0.0651. The van der Waals surface area contributed by atoms with Gasteiger partial charge >= 0.3 is 11.9 Å². The summed E-state index contributed by atoms with van der Waals surface area (Å²) in [6, 6.07) is 3.46. The molecule has 2 aromatic heterocycles. The van der Waals surface area contributed by atoms with Gasteiger partial charge in [0.1, 0.15) is 5.76 Å². The monoisotopic (exact) mass is 227 g/mol. The molecule has 2 heterocycles. The van der Waals surface area contributed by atoms with E-state index in [1.54, 1.807) is 12.1 Å². The van der Waals surface area contributed by atoms with Crippen molar-refractivity contribution in [3.8, 4) is 0 Å². The number of nitrogens with zero attached hydrogens (tertiary/aromatic N) is 1. The lowest BCUT2D eigenvalue weighted by Gasteiger charge is -1.91. The van der Waals surface area contributed by atoms with Crippen LogP contribution >= 0.6 is 11.6 Å². The summed E-state index contributed by atoms with van der Waals surface area (Å²) >= 11 is 5.70. The van der Waals surface area contributed by atoms with Crippen LogP contribution in [0, 0.1) is 0 Å². The minimum absolute atomic E-state index is 0.0452. The Balaban J connectivity index is 2.25. The van der Waals surface area contributed by atoms with Crippen LogP contribution in [0.2, 0.25) is 5.15 Å². The molecule has 0 saturated heterocycles. The topological polar surface area (TPSA) is 76.5 Å². The number of oxazole rings is 1. The Labute approximate surface area is 89.3 Å². The maximum absolute atomic E-state index is 10.5. The smallest absolute Gasteiger partial charge is 0.392 e. The van der Waals surface area contributed by atoms with Crippen LogP contribution in [-0.2, 0) is 6.42 Å². The zero-order valence-corrected chi connectivity index (χ0v) is 8.19. The molecule has 0 amide bonds. The lowest BCUT2D eigenvalue weighted by Crippen LogP contribution is -1.94. The summed E-state index contributed by atoms with van der Waals surface area (Å²) in [6.45, 7) is 0. The number of rotatable bonds is 3. The molecule has 0 unspecified atom stereocenters. The first kappa shape index (κ1) is 9.79. The molecule has 0 aliphatic carbocycles. The fraction of sp³-hybridized carbons (Fsp3) is 0.111. The highest BCUT2D eigenvalue weighted by Crippen LogP contribution is 2.20. The number of carboxylic acids is 1. The Hall–Kier alpha value is -1.75. The molecule has 0 spiro atoms. The molecule has 1 N–H and O–H groups in total. The number of hydrogen-bond donors (Lipinski definition) is 1. The van der Waals surface area contributed by atoms with Gasteiger partial charge in [-0.25, -0.2) is 4.79 Å². The van der Waals surface area contributed by atoms with E-state index in [-0.39, 0.29) is 17.3 Å². The van der Waals surface area contributed by atoms with E-state index in [1.165, 1.54) is 6.26 Å². The first-order valence-corrected chi connectivity index (χ1v) is 4.45. The van der Waals surface area contributed by atoms with Crippen LogP contribution in [0.4, 0.5) is 0 Å². The predicted octanol–water partition coefficient (Wildman–Crippen LogP) is 2.21. The number of furan rings is 1. The standard InChI is InChI=1S/C9H6ClNO4/c10-7-6(4-5-2-1-3-14-5)15-8(11-7)9(12)13/h1-3H,4H2,(H,12,13). The second kappa shape index (κ2) is 3.78.